The second-order valence-corrected chi connectivity index (χ2v) is 4.11. The van der Waals surface area contributed by atoms with Crippen molar-refractivity contribution in [3.05, 3.63) is 29.6 Å². The molecule has 0 atom stereocenters. The Morgan fingerprint density at radius 1 is 1.56 bits per heavy atom. The second kappa shape index (κ2) is 6.37. The minimum absolute atomic E-state index is 0.0413. The van der Waals surface area contributed by atoms with Crippen LogP contribution in [-0.2, 0) is 10.5 Å². The van der Waals surface area contributed by atoms with Gasteiger partial charge in [0.15, 0.2) is 0 Å². The van der Waals surface area contributed by atoms with Gasteiger partial charge in [0.05, 0.1) is 12.9 Å². The third kappa shape index (κ3) is 3.73. The highest BCUT2D eigenvalue weighted by Crippen LogP contribution is 2.23. The minimum Gasteiger partial charge on any atom is -0.496 e. The monoisotopic (exact) mass is 243 g/mol. The molecule has 0 radical (unpaired) electrons. The number of ether oxygens (including phenoxy) is 1. The number of nitrogens with one attached hydrogen (secondary N) is 1. The minimum atomic E-state index is -0.295. The first-order valence-corrected chi connectivity index (χ1v) is 5.93. The van der Waals surface area contributed by atoms with Crippen LogP contribution in [0.3, 0.4) is 0 Å². The summed E-state index contributed by atoms with van der Waals surface area (Å²) in [6.07, 6.45) is 0. The summed E-state index contributed by atoms with van der Waals surface area (Å²) in [5, 5.41) is 2.53. The quantitative estimate of drug-likeness (QED) is 0.857. The lowest BCUT2D eigenvalue weighted by atomic mass is 10.2. The van der Waals surface area contributed by atoms with E-state index in [0.717, 1.165) is 5.56 Å². The van der Waals surface area contributed by atoms with E-state index in [1.807, 2.05) is 0 Å². The van der Waals surface area contributed by atoms with Crippen LogP contribution in [-0.4, -0.2) is 25.8 Å². The number of halogens is 1. The molecule has 1 N–H and O–H groups in total. The van der Waals surface area contributed by atoms with Gasteiger partial charge in [-0.05, 0) is 18.2 Å². The predicted molar refractivity (Wildman–Crippen MR) is 63.2 cm³/mol. The molecule has 0 aliphatic rings. The maximum atomic E-state index is 13.0. The van der Waals surface area contributed by atoms with E-state index in [1.54, 1.807) is 20.2 Å². The number of rotatable bonds is 5. The molecular weight excluding hydrogens is 229 g/mol. The molecule has 3 nitrogen and oxygen atoms in total. The van der Waals surface area contributed by atoms with Crippen molar-refractivity contribution in [3.8, 4) is 5.75 Å². The molecule has 5 heteroatoms. The number of carbonyl (C=O) groups excluding carboxylic acids is 1. The Bertz CT molecular complexity index is 371. The van der Waals surface area contributed by atoms with Gasteiger partial charge in [0.25, 0.3) is 0 Å². The second-order valence-electron chi connectivity index (χ2n) is 3.12. The Kier molecular flexibility index (Phi) is 5.11. The molecule has 0 fully saturated rings. The van der Waals surface area contributed by atoms with Crippen molar-refractivity contribution in [2.45, 2.75) is 5.75 Å². The van der Waals surface area contributed by atoms with Gasteiger partial charge in [0.1, 0.15) is 11.6 Å². The van der Waals surface area contributed by atoms with E-state index in [4.69, 9.17) is 4.74 Å². The molecule has 1 aromatic rings. The van der Waals surface area contributed by atoms with Gasteiger partial charge >= 0.3 is 0 Å². The van der Waals surface area contributed by atoms with Crippen LogP contribution in [0.2, 0.25) is 0 Å². The normalized spacial score (nSPS) is 9.94. The van der Waals surface area contributed by atoms with Crippen LogP contribution in [0.25, 0.3) is 0 Å². The molecule has 0 bridgehead atoms. The number of carbonyl (C=O) groups is 1. The molecule has 0 unspecified atom stereocenters. The fraction of sp³-hybridized carbons (Fsp3) is 0.364. The average Bonchev–Trinajstić information content (AvgIpc) is 2.29. The first kappa shape index (κ1) is 12.8. The molecule has 0 saturated heterocycles. The van der Waals surface area contributed by atoms with Crippen molar-refractivity contribution in [2.24, 2.45) is 0 Å². The van der Waals surface area contributed by atoms with Crippen molar-refractivity contribution >= 4 is 17.7 Å². The van der Waals surface area contributed by atoms with E-state index in [1.165, 1.54) is 23.9 Å². The van der Waals surface area contributed by atoms with Gasteiger partial charge in [-0.15, -0.1) is 11.8 Å². The highest BCUT2D eigenvalue weighted by molar-refractivity contribution is 7.99. The fourth-order valence-corrected chi connectivity index (χ4v) is 2.06. The van der Waals surface area contributed by atoms with Crippen molar-refractivity contribution in [1.82, 2.24) is 5.32 Å². The third-order valence-electron chi connectivity index (χ3n) is 2.01. The summed E-state index contributed by atoms with van der Waals surface area (Å²) in [6, 6.07) is 4.37. The molecule has 0 aromatic heterocycles. The lowest BCUT2D eigenvalue weighted by Crippen LogP contribution is -2.19. The third-order valence-corrected chi connectivity index (χ3v) is 2.99. The maximum Gasteiger partial charge on any atom is 0.229 e. The van der Waals surface area contributed by atoms with Crippen molar-refractivity contribution < 1.29 is 13.9 Å². The van der Waals surface area contributed by atoms with Gasteiger partial charge in [-0.25, -0.2) is 4.39 Å². The Balaban J connectivity index is 2.58. The van der Waals surface area contributed by atoms with Gasteiger partial charge in [0.2, 0.25) is 5.91 Å². The fourth-order valence-electron chi connectivity index (χ4n) is 1.19. The van der Waals surface area contributed by atoms with Gasteiger partial charge < -0.3 is 10.1 Å². The standard InChI is InChI=1S/C11H14FNO2S/c1-13-11(14)7-16-6-8-5-9(12)3-4-10(8)15-2/h3-5H,6-7H2,1-2H3,(H,13,14). The smallest absolute Gasteiger partial charge is 0.229 e. The van der Waals surface area contributed by atoms with E-state index < -0.39 is 0 Å². The summed E-state index contributed by atoms with van der Waals surface area (Å²) in [6.45, 7) is 0. The highest BCUT2D eigenvalue weighted by atomic mass is 32.2. The van der Waals surface area contributed by atoms with Gasteiger partial charge in [-0.3, -0.25) is 4.79 Å². The summed E-state index contributed by atoms with van der Waals surface area (Å²) >= 11 is 1.42. The lowest BCUT2D eigenvalue weighted by molar-refractivity contribution is -0.118. The van der Waals surface area contributed by atoms with Crippen LogP contribution in [0.4, 0.5) is 4.39 Å². The zero-order chi connectivity index (χ0) is 12.0. The molecule has 0 saturated carbocycles. The summed E-state index contributed by atoms with van der Waals surface area (Å²) in [7, 11) is 3.13. The Morgan fingerprint density at radius 2 is 2.31 bits per heavy atom. The number of thioether (sulfide) groups is 1. The Hall–Kier alpha value is -1.23. The number of methoxy groups -OCH3 is 1. The first-order valence-electron chi connectivity index (χ1n) is 4.78. The molecule has 1 rings (SSSR count). The average molecular weight is 243 g/mol. The van der Waals surface area contributed by atoms with E-state index >= 15 is 0 Å². The molecule has 0 aliphatic carbocycles. The molecule has 0 heterocycles. The highest BCUT2D eigenvalue weighted by Gasteiger charge is 2.06. The molecule has 1 aromatic carbocycles. The van der Waals surface area contributed by atoms with Gasteiger partial charge in [0, 0.05) is 18.4 Å². The van der Waals surface area contributed by atoms with Crippen LogP contribution in [0, 0.1) is 5.82 Å². The van der Waals surface area contributed by atoms with E-state index in [2.05, 4.69) is 5.32 Å². The van der Waals surface area contributed by atoms with Crippen LogP contribution < -0.4 is 10.1 Å². The molecule has 16 heavy (non-hydrogen) atoms. The Morgan fingerprint density at radius 3 is 2.94 bits per heavy atom. The zero-order valence-electron chi connectivity index (χ0n) is 9.25. The summed E-state index contributed by atoms with van der Waals surface area (Å²) < 4.78 is 18.1. The Labute approximate surface area is 98.4 Å². The van der Waals surface area contributed by atoms with E-state index in [0.29, 0.717) is 17.3 Å². The molecule has 0 aliphatic heterocycles. The van der Waals surface area contributed by atoms with Crippen LogP contribution in [0.15, 0.2) is 18.2 Å². The predicted octanol–water partition coefficient (Wildman–Crippen LogP) is 1.81. The summed E-state index contributed by atoms with van der Waals surface area (Å²) in [4.78, 5) is 11.0. The number of benzene rings is 1. The number of hydrogen-bond donors (Lipinski definition) is 1. The van der Waals surface area contributed by atoms with Crippen LogP contribution in [0.1, 0.15) is 5.56 Å². The summed E-state index contributed by atoms with van der Waals surface area (Å²) in [5.74, 6) is 1.22. The molecule has 88 valence electrons. The number of amides is 1. The SMILES string of the molecule is CNC(=O)CSCc1cc(F)ccc1OC. The van der Waals surface area contributed by atoms with Crippen molar-refractivity contribution in [2.75, 3.05) is 19.9 Å². The maximum absolute atomic E-state index is 13.0. The zero-order valence-corrected chi connectivity index (χ0v) is 10.1. The lowest BCUT2D eigenvalue weighted by Gasteiger charge is -2.07. The summed E-state index contributed by atoms with van der Waals surface area (Å²) in [5.41, 5.74) is 0.761. The molecule has 1 amide bonds. The van der Waals surface area contributed by atoms with Crippen LogP contribution >= 0.6 is 11.8 Å². The van der Waals surface area contributed by atoms with Crippen LogP contribution in [0.5, 0.6) is 5.75 Å². The van der Waals surface area contributed by atoms with Crippen molar-refractivity contribution in [3.63, 3.8) is 0 Å². The molecule has 0 spiro atoms. The largest absolute Gasteiger partial charge is 0.496 e. The topological polar surface area (TPSA) is 38.3 Å². The van der Waals surface area contributed by atoms with Gasteiger partial charge in [-0.1, -0.05) is 0 Å². The van der Waals surface area contributed by atoms with Crippen molar-refractivity contribution in [1.29, 1.82) is 0 Å². The van der Waals surface area contributed by atoms with E-state index in [-0.39, 0.29) is 11.7 Å². The van der Waals surface area contributed by atoms with Gasteiger partial charge in [-0.2, -0.15) is 0 Å². The molecular formula is C11H14FNO2S. The van der Waals surface area contributed by atoms with E-state index in [9.17, 15) is 9.18 Å². The number of hydrogen-bond acceptors (Lipinski definition) is 3. The first-order chi connectivity index (χ1) is 7.67.